The number of anilines is 1. The van der Waals surface area contributed by atoms with Crippen molar-refractivity contribution in [2.45, 2.75) is 13.3 Å². The van der Waals surface area contributed by atoms with Gasteiger partial charge in [-0.05, 0) is 30.5 Å². The van der Waals surface area contributed by atoms with Gasteiger partial charge in [0.2, 0.25) is 0 Å². The lowest BCUT2D eigenvalue weighted by atomic mass is 9.89. The third-order valence-electron chi connectivity index (χ3n) is 4.91. The molecule has 7 heteroatoms. The monoisotopic (exact) mass is 301 g/mol. The first-order valence-electron chi connectivity index (χ1n) is 8.07. The second-order valence-electron chi connectivity index (χ2n) is 6.83. The molecule has 1 N–H and O–H groups in total. The van der Waals surface area contributed by atoms with Crippen LogP contribution in [0.1, 0.15) is 13.3 Å². The van der Waals surface area contributed by atoms with Crippen LogP contribution in [-0.2, 0) is 0 Å². The summed E-state index contributed by atoms with van der Waals surface area (Å²) in [7, 11) is 0. The summed E-state index contributed by atoms with van der Waals surface area (Å²) in [5.74, 6) is 1.01. The molecule has 0 aromatic carbocycles. The predicted octanol–water partition coefficient (Wildman–Crippen LogP) is 0.246. The van der Waals surface area contributed by atoms with E-state index in [1.807, 2.05) is 12.1 Å². The zero-order valence-corrected chi connectivity index (χ0v) is 13.1. The summed E-state index contributed by atoms with van der Waals surface area (Å²) in [5, 5.41) is 16.0. The van der Waals surface area contributed by atoms with Crippen LogP contribution in [0.25, 0.3) is 5.65 Å². The van der Waals surface area contributed by atoms with E-state index in [1.165, 1.54) is 19.5 Å². The van der Waals surface area contributed by atoms with Gasteiger partial charge >= 0.3 is 0 Å². The fourth-order valence-electron chi connectivity index (χ4n) is 3.57. The Morgan fingerprint density at radius 1 is 1.23 bits per heavy atom. The van der Waals surface area contributed by atoms with Gasteiger partial charge in [-0.3, -0.25) is 4.90 Å². The average Bonchev–Trinajstić information content (AvgIpc) is 3.16. The molecule has 22 heavy (non-hydrogen) atoms. The zero-order chi connectivity index (χ0) is 15.0. The van der Waals surface area contributed by atoms with Gasteiger partial charge < -0.3 is 10.2 Å². The highest BCUT2D eigenvalue weighted by Gasteiger charge is 2.31. The molecule has 4 rings (SSSR count). The number of aromatic nitrogens is 4. The number of rotatable bonds is 3. The lowest BCUT2D eigenvalue weighted by Gasteiger charge is -2.39. The van der Waals surface area contributed by atoms with Crippen molar-refractivity contribution in [3.05, 3.63) is 18.5 Å². The molecule has 0 amide bonds. The van der Waals surface area contributed by atoms with E-state index in [0.717, 1.165) is 44.2 Å². The maximum absolute atomic E-state index is 4.59. The van der Waals surface area contributed by atoms with Gasteiger partial charge in [-0.1, -0.05) is 6.92 Å². The minimum atomic E-state index is 0.446. The van der Waals surface area contributed by atoms with Crippen LogP contribution in [-0.4, -0.2) is 70.5 Å². The largest absolute Gasteiger partial charge is 0.353 e. The second-order valence-corrected chi connectivity index (χ2v) is 6.83. The van der Waals surface area contributed by atoms with Crippen molar-refractivity contribution in [2.75, 3.05) is 50.7 Å². The summed E-state index contributed by atoms with van der Waals surface area (Å²) in [6, 6.07) is 4.02. The van der Waals surface area contributed by atoms with Crippen molar-refractivity contribution in [3.8, 4) is 0 Å². The molecule has 1 unspecified atom stereocenters. The van der Waals surface area contributed by atoms with Crippen molar-refractivity contribution in [1.82, 2.24) is 30.0 Å². The van der Waals surface area contributed by atoms with Crippen LogP contribution in [0, 0.1) is 5.41 Å². The standard InChI is InChI=1S/C15H23N7/c1-15(4-5-16-10-15)11-20-6-8-21(9-7-20)14-3-2-13-18-17-12-22(13)19-14/h2-3,12,16H,4-11H2,1H3. The SMILES string of the molecule is CC1(CN2CCN(c3ccc4nncn4n3)CC2)CCNC1. The molecule has 118 valence electrons. The molecule has 4 heterocycles. The quantitative estimate of drug-likeness (QED) is 0.877. The van der Waals surface area contributed by atoms with E-state index >= 15 is 0 Å². The molecule has 0 radical (unpaired) electrons. The average molecular weight is 301 g/mol. The van der Waals surface area contributed by atoms with Crippen LogP contribution in [0.5, 0.6) is 0 Å². The Labute approximate surface area is 130 Å². The molecule has 2 fully saturated rings. The Hall–Kier alpha value is -1.73. The molecule has 2 aromatic rings. The van der Waals surface area contributed by atoms with Gasteiger partial charge in [0.05, 0.1) is 0 Å². The first-order chi connectivity index (χ1) is 10.7. The summed E-state index contributed by atoms with van der Waals surface area (Å²) in [6.07, 6.45) is 2.95. The Bertz CT molecular complexity index is 638. The normalized spacial score (nSPS) is 26.9. The first-order valence-corrected chi connectivity index (χ1v) is 8.07. The Kier molecular flexibility index (Phi) is 3.46. The Balaban J connectivity index is 1.38. The van der Waals surface area contributed by atoms with Crippen LogP contribution < -0.4 is 10.2 Å². The lowest BCUT2D eigenvalue weighted by Crippen LogP contribution is -2.50. The van der Waals surface area contributed by atoms with Gasteiger partial charge in [0, 0.05) is 39.3 Å². The van der Waals surface area contributed by atoms with Gasteiger partial charge in [0.25, 0.3) is 0 Å². The topological polar surface area (TPSA) is 61.6 Å². The van der Waals surface area contributed by atoms with Crippen LogP contribution >= 0.6 is 0 Å². The molecule has 7 nitrogen and oxygen atoms in total. The molecule has 1 atom stereocenters. The van der Waals surface area contributed by atoms with Gasteiger partial charge in [-0.25, -0.2) is 0 Å². The maximum Gasteiger partial charge on any atom is 0.177 e. The Morgan fingerprint density at radius 2 is 2.09 bits per heavy atom. The van der Waals surface area contributed by atoms with Crippen LogP contribution in [0.4, 0.5) is 5.82 Å². The number of hydrogen-bond acceptors (Lipinski definition) is 6. The number of hydrogen-bond donors (Lipinski definition) is 1. The molecule has 2 aromatic heterocycles. The molecular formula is C15H23N7. The highest BCUT2D eigenvalue weighted by atomic mass is 15.4. The molecule has 0 saturated carbocycles. The van der Waals surface area contributed by atoms with Gasteiger partial charge in [-0.2, -0.15) is 4.52 Å². The van der Waals surface area contributed by atoms with Crippen molar-refractivity contribution in [2.24, 2.45) is 5.41 Å². The summed E-state index contributed by atoms with van der Waals surface area (Å²) in [5.41, 5.74) is 1.24. The zero-order valence-electron chi connectivity index (χ0n) is 13.1. The minimum Gasteiger partial charge on any atom is -0.353 e. The first kappa shape index (κ1) is 13.9. The van der Waals surface area contributed by atoms with E-state index in [2.05, 4.69) is 37.3 Å². The number of nitrogens with one attached hydrogen (secondary N) is 1. The summed E-state index contributed by atoms with van der Waals surface area (Å²) >= 11 is 0. The van der Waals surface area contributed by atoms with Crippen molar-refractivity contribution < 1.29 is 0 Å². The maximum atomic E-state index is 4.59. The van der Waals surface area contributed by atoms with Gasteiger partial charge in [-0.15, -0.1) is 15.3 Å². The number of nitrogens with zero attached hydrogens (tertiary/aromatic N) is 6. The molecule has 2 aliphatic heterocycles. The van der Waals surface area contributed by atoms with E-state index < -0.39 is 0 Å². The van der Waals surface area contributed by atoms with Crippen molar-refractivity contribution in [1.29, 1.82) is 0 Å². The number of piperazine rings is 1. The van der Waals surface area contributed by atoms with E-state index in [4.69, 9.17) is 0 Å². The predicted molar refractivity (Wildman–Crippen MR) is 85.0 cm³/mol. The fraction of sp³-hybridized carbons (Fsp3) is 0.667. The van der Waals surface area contributed by atoms with E-state index in [9.17, 15) is 0 Å². The van der Waals surface area contributed by atoms with E-state index in [0.29, 0.717) is 5.41 Å². The highest BCUT2D eigenvalue weighted by molar-refractivity contribution is 5.45. The third-order valence-corrected chi connectivity index (χ3v) is 4.91. The van der Waals surface area contributed by atoms with E-state index in [1.54, 1.807) is 10.8 Å². The fourth-order valence-corrected chi connectivity index (χ4v) is 3.57. The number of fused-ring (bicyclic) bond motifs is 1. The molecule has 0 bridgehead atoms. The highest BCUT2D eigenvalue weighted by Crippen LogP contribution is 2.26. The summed E-state index contributed by atoms with van der Waals surface area (Å²) in [6.45, 7) is 10.2. The smallest absolute Gasteiger partial charge is 0.177 e. The summed E-state index contributed by atoms with van der Waals surface area (Å²) < 4.78 is 1.74. The van der Waals surface area contributed by atoms with Gasteiger partial charge in [0.1, 0.15) is 12.1 Å². The lowest BCUT2D eigenvalue weighted by molar-refractivity contribution is 0.169. The van der Waals surface area contributed by atoms with E-state index in [-0.39, 0.29) is 0 Å². The third kappa shape index (κ3) is 2.66. The van der Waals surface area contributed by atoms with Crippen LogP contribution in [0.3, 0.4) is 0 Å². The molecule has 0 aliphatic carbocycles. The molecule has 0 spiro atoms. The second kappa shape index (κ2) is 5.48. The van der Waals surface area contributed by atoms with Crippen molar-refractivity contribution >= 4 is 11.5 Å². The Morgan fingerprint density at radius 3 is 2.86 bits per heavy atom. The molecular weight excluding hydrogens is 278 g/mol. The summed E-state index contributed by atoms with van der Waals surface area (Å²) in [4.78, 5) is 4.95. The minimum absolute atomic E-state index is 0.446. The van der Waals surface area contributed by atoms with Gasteiger partial charge in [0.15, 0.2) is 5.65 Å². The molecule has 2 aliphatic rings. The van der Waals surface area contributed by atoms with Crippen molar-refractivity contribution in [3.63, 3.8) is 0 Å². The molecule has 2 saturated heterocycles. The van der Waals surface area contributed by atoms with Crippen LogP contribution in [0.2, 0.25) is 0 Å². The van der Waals surface area contributed by atoms with Crippen LogP contribution in [0.15, 0.2) is 18.5 Å².